The first-order valence-corrected chi connectivity index (χ1v) is 13.6. The predicted molar refractivity (Wildman–Crippen MR) is 146 cm³/mol. The second kappa shape index (κ2) is 12.3. The molecule has 3 aromatic rings. The molecule has 1 heterocycles. The van der Waals surface area contributed by atoms with E-state index >= 15 is 0 Å². The zero-order valence-corrected chi connectivity index (χ0v) is 21.6. The van der Waals surface area contributed by atoms with Crippen LogP contribution in [0.1, 0.15) is 81.2 Å². The molecule has 34 heavy (non-hydrogen) atoms. The van der Waals surface area contributed by atoms with E-state index in [9.17, 15) is 0 Å². The molecular formula is C31H43N3. The van der Waals surface area contributed by atoms with E-state index < -0.39 is 0 Å². The highest BCUT2D eigenvalue weighted by atomic mass is 15.1. The highest BCUT2D eigenvalue weighted by Crippen LogP contribution is 2.34. The van der Waals surface area contributed by atoms with Crippen molar-refractivity contribution in [3.8, 4) is 0 Å². The van der Waals surface area contributed by atoms with E-state index in [0.717, 1.165) is 40.8 Å². The fourth-order valence-electron chi connectivity index (χ4n) is 5.73. The van der Waals surface area contributed by atoms with Crippen molar-refractivity contribution >= 4 is 16.7 Å². The van der Waals surface area contributed by atoms with Gasteiger partial charge in [-0.15, -0.1) is 0 Å². The number of aromatic nitrogens is 2. The fourth-order valence-corrected chi connectivity index (χ4v) is 5.73. The van der Waals surface area contributed by atoms with Gasteiger partial charge < -0.3 is 4.90 Å². The maximum Gasteiger partial charge on any atom is 0.139 e. The lowest BCUT2D eigenvalue weighted by atomic mass is 9.78. The Bertz CT molecular complexity index is 1030. The zero-order valence-electron chi connectivity index (χ0n) is 21.6. The largest absolute Gasteiger partial charge is 0.362 e. The van der Waals surface area contributed by atoms with Crippen molar-refractivity contribution in [2.45, 2.75) is 84.0 Å². The number of nitrogens with zero attached hydrogens (tertiary/aromatic N) is 3. The highest BCUT2D eigenvalue weighted by molar-refractivity contribution is 5.89. The Morgan fingerprint density at radius 2 is 1.41 bits per heavy atom. The molecule has 1 aliphatic rings. The molecule has 0 amide bonds. The molecule has 0 radical (unpaired) electrons. The first kappa shape index (κ1) is 24.7. The minimum Gasteiger partial charge on any atom is -0.362 e. The summed E-state index contributed by atoms with van der Waals surface area (Å²) >= 11 is 0. The number of unbranched alkanes of at least 4 members (excludes halogenated alkanes) is 2. The summed E-state index contributed by atoms with van der Waals surface area (Å²) < 4.78 is 0. The number of hydrogen-bond acceptors (Lipinski definition) is 3. The summed E-state index contributed by atoms with van der Waals surface area (Å²) in [4.78, 5) is 11.8. The smallest absolute Gasteiger partial charge is 0.139 e. The molecule has 1 aliphatic carbocycles. The summed E-state index contributed by atoms with van der Waals surface area (Å²) in [6.45, 7) is 2.24. The quantitative estimate of drug-likeness (QED) is 0.274. The van der Waals surface area contributed by atoms with Gasteiger partial charge in [0.1, 0.15) is 11.6 Å². The topological polar surface area (TPSA) is 29.0 Å². The van der Waals surface area contributed by atoms with Gasteiger partial charge in [-0.1, -0.05) is 87.8 Å². The molecule has 3 nitrogen and oxygen atoms in total. The molecular weight excluding hydrogens is 414 g/mol. The first-order valence-electron chi connectivity index (χ1n) is 13.6. The van der Waals surface area contributed by atoms with Crippen molar-refractivity contribution in [3.63, 3.8) is 0 Å². The van der Waals surface area contributed by atoms with Crippen LogP contribution in [0.2, 0.25) is 0 Å². The average Bonchev–Trinajstić information content (AvgIpc) is 2.85. The number of aryl methyl sites for hydroxylation is 3. The van der Waals surface area contributed by atoms with Crippen LogP contribution in [0.25, 0.3) is 10.9 Å². The van der Waals surface area contributed by atoms with Gasteiger partial charge in [0.25, 0.3) is 0 Å². The number of benzene rings is 2. The van der Waals surface area contributed by atoms with Crippen molar-refractivity contribution in [3.05, 3.63) is 65.5 Å². The molecule has 0 aliphatic heterocycles. The van der Waals surface area contributed by atoms with E-state index in [1.54, 1.807) is 0 Å². The van der Waals surface area contributed by atoms with Crippen molar-refractivity contribution in [2.75, 3.05) is 19.0 Å². The average molecular weight is 458 g/mol. The number of rotatable bonds is 11. The Morgan fingerprint density at radius 3 is 2.15 bits per heavy atom. The molecule has 0 N–H and O–H groups in total. The summed E-state index contributed by atoms with van der Waals surface area (Å²) in [7, 11) is 4.14. The number of fused-ring (bicyclic) bond motifs is 1. The number of para-hydroxylation sites is 1. The van der Waals surface area contributed by atoms with Crippen LogP contribution in [-0.4, -0.2) is 24.1 Å². The van der Waals surface area contributed by atoms with E-state index in [0.29, 0.717) is 0 Å². The van der Waals surface area contributed by atoms with Gasteiger partial charge in [0.2, 0.25) is 0 Å². The lowest BCUT2D eigenvalue weighted by Crippen LogP contribution is -2.15. The molecule has 0 unspecified atom stereocenters. The van der Waals surface area contributed by atoms with Crippen LogP contribution in [-0.2, 0) is 12.8 Å². The molecule has 0 spiro atoms. The molecule has 0 bridgehead atoms. The van der Waals surface area contributed by atoms with Gasteiger partial charge in [0, 0.05) is 25.9 Å². The number of anilines is 1. The maximum atomic E-state index is 4.88. The lowest BCUT2D eigenvalue weighted by molar-refractivity contribution is 0.245. The fraction of sp³-hybridized carbons (Fsp3) is 0.548. The maximum absolute atomic E-state index is 4.88. The molecule has 182 valence electrons. The highest BCUT2D eigenvalue weighted by Gasteiger charge is 2.21. The molecule has 1 saturated carbocycles. The summed E-state index contributed by atoms with van der Waals surface area (Å²) in [5.41, 5.74) is 4.05. The predicted octanol–water partition coefficient (Wildman–Crippen LogP) is 7.94. The van der Waals surface area contributed by atoms with Crippen molar-refractivity contribution in [1.29, 1.82) is 0 Å². The Morgan fingerprint density at radius 1 is 0.735 bits per heavy atom. The standard InChI is InChI=1S/C31H43N3/c1-24-12-7-8-16-27(24)15-6-4-5-13-25-20-22-26(23-21-25)14-11-19-30-32-29-18-10-9-17-28(29)31(33-30)34(2)3/h7-10,12,16-18,25-26H,4-6,11,13-15,19-23H2,1-3H3. The molecule has 2 aromatic carbocycles. The summed E-state index contributed by atoms with van der Waals surface area (Å²) in [6, 6.07) is 17.2. The van der Waals surface area contributed by atoms with Gasteiger partial charge in [0.05, 0.1) is 5.52 Å². The van der Waals surface area contributed by atoms with E-state index in [1.165, 1.54) is 81.8 Å². The van der Waals surface area contributed by atoms with E-state index in [1.807, 2.05) is 0 Å². The molecule has 3 heteroatoms. The zero-order chi connectivity index (χ0) is 23.8. The van der Waals surface area contributed by atoms with Gasteiger partial charge in [-0.25, -0.2) is 9.97 Å². The molecule has 1 fully saturated rings. The Labute approximate surface area is 207 Å². The Hall–Kier alpha value is -2.42. The summed E-state index contributed by atoms with van der Waals surface area (Å²) in [5, 5.41) is 1.14. The van der Waals surface area contributed by atoms with Gasteiger partial charge >= 0.3 is 0 Å². The first-order chi connectivity index (χ1) is 16.6. The molecule has 4 rings (SSSR count). The van der Waals surface area contributed by atoms with Crippen LogP contribution in [0, 0.1) is 18.8 Å². The summed E-state index contributed by atoms with van der Waals surface area (Å²) in [6.07, 6.45) is 16.1. The van der Waals surface area contributed by atoms with Gasteiger partial charge in [-0.3, -0.25) is 0 Å². The number of hydrogen-bond donors (Lipinski definition) is 0. The second-order valence-electron chi connectivity index (χ2n) is 10.7. The molecule has 1 aromatic heterocycles. The minimum absolute atomic E-state index is 0.908. The lowest BCUT2D eigenvalue weighted by Gasteiger charge is -2.28. The molecule has 0 atom stereocenters. The van der Waals surface area contributed by atoms with Crippen molar-refractivity contribution < 1.29 is 0 Å². The molecule has 0 saturated heterocycles. The van der Waals surface area contributed by atoms with Gasteiger partial charge in [-0.2, -0.15) is 0 Å². The SMILES string of the molecule is Cc1ccccc1CCCCCC1CCC(CCCc2nc(N(C)C)c3ccccc3n2)CC1. The van der Waals surface area contributed by atoms with Crippen LogP contribution in [0.4, 0.5) is 5.82 Å². The van der Waals surface area contributed by atoms with Crippen LogP contribution in [0.5, 0.6) is 0 Å². The summed E-state index contributed by atoms with van der Waals surface area (Å²) in [5.74, 6) is 3.93. The van der Waals surface area contributed by atoms with Crippen LogP contribution in [0.3, 0.4) is 0 Å². The minimum atomic E-state index is 0.908. The Balaban J connectivity index is 1.13. The monoisotopic (exact) mass is 457 g/mol. The van der Waals surface area contributed by atoms with Gasteiger partial charge in [0.15, 0.2) is 0 Å². The third-order valence-corrected chi connectivity index (χ3v) is 7.85. The van der Waals surface area contributed by atoms with Crippen LogP contribution in [0.15, 0.2) is 48.5 Å². The van der Waals surface area contributed by atoms with E-state index in [-0.39, 0.29) is 0 Å². The van der Waals surface area contributed by atoms with Crippen LogP contribution >= 0.6 is 0 Å². The third kappa shape index (κ3) is 6.81. The van der Waals surface area contributed by atoms with Crippen molar-refractivity contribution in [2.24, 2.45) is 11.8 Å². The van der Waals surface area contributed by atoms with E-state index in [4.69, 9.17) is 9.97 Å². The Kier molecular flexibility index (Phi) is 8.96. The second-order valence-corrected chi connectivity index (χ2v) is 10.7. The normalized spacial score (nSPS) is 18.3. The van der Waals surface area contributed by atoms with Crippen LogP contribution < -0.4 is 4.90 Å². The van der Waals surface area contributed by atoms with E-state index in [2.05, 4.69) is 74.4 Å². The third-order valence-electron chi connectivity index (χ3n) is 7.85. The van der Waals surface area contributed by atoms with Gasteiger partial charge in [-0.05, 0) is 61.3 Å². The van der Waals surface area contributed by atoms with Crippen molar-refractivity contribution in [1.82, 2.24) is 9.97 Å².